The fraction of sp³-hybridized carbons (Fsp3) is 0.316. The molecular formula is C19H24BrN2O3+. The van der Waals surface area contributed by atoms with Crippen LogP contribution in [0.1, 0.15) is 11.1 Å². The number of halogens is 1. The zero-order valence-corrected chi connectivity index (χ0v) is 16.6. The van der Waals surface area contributed by atoms with Gasteiger partial charge in [-0.3, -0.25) is 4.79 Å². The minimum Gasteiger partial charge on any atom is -0.493 e. The molecule has 6 heteroatoms. The van der Waals surface area contributed by atoms with E-state index in [1.807, 2.05) is 50.4 Å². The molecule has 0 saturated heterocycles. The highest BCUT2D eigenvalue weighted by Crippen LogP contribution is 2.30. The van der Waals surface area contributed by atoms with Crippen LogP contribution >= 0.6 is 15.9 Å². The first kappa shape index (κ1) is 19.3. The number of rotatable bonds is 7. The summed E-state index contributed by atoms with van der Waals surface area (Å²) in [5.74, 6) is 1.37. The summed E-state index contributed by atoms with van der Waals surface area (Å²) in [6.07, 6.45) is 0. The van der Waals surface area contributed by atoms with E-state index in [4.69, 9.17) is 9.47 Å². The summed E-state index contributed by atoms with van der Waals surface area (Å²) >= 11 is 3.48. The molecule has 25 heavy (non-hydrogen) atoms. The van der Waals surface area contributed by atoms with E-state index in [0.717, 1.165) is 26.2 Å². The van der Waals surface area contributed by atoms with Crippen molar-refractivity contribution < 1.29 is 19.2 Å². The molecule has 0 saturated carbocycles. The maximum Gasteiger partial charge on any atom is 0.279 e. The van der Waals surface area contributed by atoms with Crippen molar-refractivity contribution in [2.24, 2.45) is 0 Å². The van der Waals surface area contributed by atoms with Crippen LogP contribution in [0.3, 0.4) is 0 Å². The summed E-state index contributed by atoms with van der Waals surface area (Å²) in [5.41, 5.74) is 2.92. The Morgan fingerprint density at radius 2 is 1.96 bits per heavy atom. The van der Waals surface area contributed by atoms with E-state index in [1.165, 1.54) is 0 Å². The quantitative estimate of drug-likeness (QED) is 0.740. The Hall–Kier alpha value is -2.05. The number of aryl methyl sites for hydroxylation is 1. The Labute approximate surface area is 157 Å². The molecule has 0 aliphatic heterocycles. The fourth-order valence-corrected chi connectivity index (χ4v) is 3.26. The van der Waals surface area contributed by atoms with Gasteiger partial charge >= 0.3 is 0 Å². The summed E-state index contributed by atoms with van der Waals surface area (Å²) < 4.78 is 11.7. The van der Waals surface area contributed by atoms with E-state index in [9.17, 15) is 4.79 Å². The highest BCUT2D eigenvalue weighted by molar-refractivity contribution is 9.10. The monoisotopic (exact) mass is 407 g/mol. The first-order valence-corrected chi connectivity index (χ1v) is 8.81. The number of hydrogen-bond acceptors (Lipinski definition) is 3. The number of anilines is 1. The number of amides is 1. The molecule has 0 radical (unpaired) electrons. The maximum absolute atomic E-state index is 12.3. The van der Waals surface area contributed by atoms with Gasteiger partial charge in [-0.1, -0.05) is 12.1 Å². The highest BCUT2D eigenvalue weighted by atomic mass is 79.9. The van der Waals surface area contributed by atoms with Gasteiger partial charge in [-0.25, -0.2) is 0 Å². The number of nitrogens with one attached hydrogen (secondary N) is 2. The van der Waals surface area contributed by atoms with Gasteiger partial charge in [0, 0.05) is 4.47 Å². The number of carbonyl (C=O) groups excluding carboxylic acids is 1. The number of carbonyl (C=O) groups is 1. The van der Waals surface area contributed by atoms with Gasteiger partial charge in [0.1, 0.15) is 6.54 Å². The number of likely N-dealkylation sites (N-methyl/N-ethyl adjacent to an activating group) is 1. The first-order chi connectivity index (χ1) is 11.9. The predicted molar refractivity (Wildman–Crippen MR) is 103 cm³/mol. The molecule has 1 unspecified atom stereocenters. The van der Waals surface area contributed by atoms with E-state index in [2.05, 4.69) is 21.2 Å². The van der Waals surface area contributed by atoms with Gasteiger partial charge in [-0.15, -0.1) is 0 Å². The topological polar surface area (TPSA) is 52.0 Å². The van der Waals surface area contributed by atoms with Crippen molar-refractivity contribution in [2.45, 2.75) is 13.5 Å². The van der Waals surface area contributed by atoms with Crippen LogP contribution in [0, 0.1) is 6.92 Å². The lowest BCUT2D eigenvalue weighted by molar-refractivity contribution is -0.885. The molecular weight excluding hydrogens is 384 g/mol. The van der Waals surface area contributed by atoms with Crippen molar-refractivity contribution in [1.82, 2.24) is 0 Å². The zero-order valence-electron chi connectivity index (χ0n) is 15.0. The summed E-state index contributed by atoms with van der Waals surface area (Å²) in [7, 11) is 5.21. The van der Waals surface area contributed by atoms with Crippen molar-refractivity contribution in [3.05, 3.63) is 52.0 Å². The third-order valence-electron chi connectivity index (χ3n) is 3.84. The lowest BCUT2D eigenvalue weighted by atomic mass is 10.1. The number of quaternary nitrogens is 1. The second-order valence-electron chi connectivity index (χ2n) is 5.99. The second-order valence-corrected chi connectivity index (χ2v) is 6.85. The smallest absolute Gasteiger partial charge is 0.279 e. The van der Waals surface area contributed by atoms with Crippen LogP contribution in [0.2, 0.25) is 0 Å². The predicted octanol–water partition coefficient (Wildman–Crippen LogP) is 2.43. The largest absolute Gasteiger partial charge is 0.493 e. The average Bonchev–Trinajstić information content (AvgIpc) is 2.57. The molecule has 0 bridgehead atoms. The molecule has 0 heterocycles. The molecule has 2 N–H and O–H groups in total. The SMILES string of the molecule is COc1cccc(C[NH+](C)CC(=O)Nc2ccc(C)cc2Br)c1OC. The van der Waals surface area contributed by atoms with Gasteiger partial charge in [0.15, 0.2) is 18.0 Å². The van der Waals surface area contributed by atoms with Crippen molar-refractivity contribution in [3.63, 3.8) is 0 Å². The molecule has 0 aliphatic rings. The molecule has 0 aromatic heterocycles. The Bertz CT molecular complexity index is 749. The third kappa shape index (κ3) is 5.21. The van der Waals surface area contributed by atoms with Crippen LogP contribution in [0.25, 0.3) is 0 Å². The van der Waals surface area contributed by atoms with E-state index in [0.29, 0.717) is 24.6 Å². The number of benzene rings is 2. The summed E-state index contributed by atoms with van der Waals surface area (Å²) in [4.78, 5) is 13.4. The van der Waals surface area contributed by atoms with Crippen molar-refractivity contribution in [1.29, 1.82) is 0 Å². The van der Waals surface area contributed by atoms with Crippen LogP contribution in [-0.2, 0) is 11.3 Å². The lowest BCUT2D eigenvalue weighted by Crippen LogP contribution is -3.08. The van der Waals surface area contributed by atoms with E-state index in [1.54, 1.807) is 14.2 Å². The molecule has 2 aromatic carbocycles. The normalized spacial score (nSPS) is 11.7. The van der Waals surface area contributed by atoms with E-state index >= 15 is 0 Å². The maximum atomic E-state index is 12.3. The Kier molecular flexibility index (Phi) is 6.84. The summed E-state index contributed by atoms with van der Waals surface area (Å²) in [6.45, 7) is 3.01. The fourth-order valence-electron chi connectivity index (χ4n) is 2.67. The third-order valence-corrected chi connectivity index (χ3v) is 4.49. The first-order valence-electron chi connectivity index (χ1n) is 8.01. The van der Waals surface area contributed by atoms with Crippen LogP contribution < -0.4 is 19.7 Å². The molecule has 0 fully saturated rings. The van der Waals surface area contributed by atoms with Crippen LogP contribution in [0.15, 0.2) is 40.9 Å². The van der Waals surface area contributed by atoms with Crippen molar-refractivity contribution >= 4 is 27.5 Å². The van der Waals surface area contributed by atoms with Gasteiger partial charge in [0.2, 0.25) is 0 Å². The number of ether oxygens (including phenoxy) is 2. The number of para-hydroxylation sites is 1. The lowest BCUT2D eigenvalue weighted by Gasteiger charge is -2.17. The molecule has 5 nitrogen and oxygen atoms in total. The van der Waals surface area contributed by atoms with E-state index < -0.39 is 0 Å². The summed E-state index contributed by atoms with van der Waals surface area (Å²) in [5, 5.41) is 2.94. The Morgan fingerprint density at radius 3 is 2.60 bits per heavy atom. The molecule has 0 aliphatic carbocycles. The van der Waals surface area contributed by atoms with Gasteiger partial charge < -0.3 is 19.7 Å². The van der Waals surface area contributed by atoms with Crippen LogP contribution in [0.5, 0.6) is 11.5 Å². The zero-order chi connectivity index (χ0) is 18.4. The standard InChI is InChI=1S/C19H23BrN2O3/c1-13-8-9-16(15(20)10-13)21-18(23)12-22(2)11-14-6-5-7-17(24-3)19(14)25-4/h5-10H,11-12H2,1-4H3,(H,21,23)/p+1. The van der Waals surface area contributed by atoms with Crippen LogP contribution in [0.4, 0.5) is 5.69 Å². The molecule has 1 atom stereocenters. The van der Waals surface area contributed by atoms with Gasteiger partial charge in [0.05, 0.1) is 32.5 Å². The van der Waals surface area contributed by atoms with Gasteiger partial charge in [0.25, 0.3) is 5.91 Å². The van der Waals surface area contributed by atoms with E-state index in [-0.39, 0.29) is 5.91 Å². The molecule has 0 spiro atoms. The molecule has 2 aromatic rings. The minimum absolute atomic E-state index is 0.0380. The average molecular weight is 408 g/mol. The van der Waals surface area contributed by atoms with Crippen molar-refractivity contribution in [3.8, 4) is 11.5 Å². The Morgan fingerprint density at radius 1 is 1.20 bits per heavy atom. The molecule has 134 valence electrons. The van der Waals surface area contributed by atoms with Gasteiger partial charge in [-0.05, 0) is 52.7 Å². The Balaban J connectivity index is 2.00. The minimum atomic E-state index is -0.0380. The highest BCUT2D eigenvalue weighted by Gasteiger charge is 2.16. The molecule has 2 rings (SSSR count). The second kappa shape index (κ2) is 8.87. The number of methoxy groups -OCH3 is 2. The van der Waals surface area contributed by atoms with Gasteiger partial charge in [-0.2, -0.15) is 0 Å². The van der Waals surface area contributed by atoms with Crippen LogP contribution in [-0.4, -0.2) is 33.7 Å². The number of hydrogen-bond donors (Lipinski definition) is 2. The summed E-state index contributed by atoms with van der Waals surface area (Å²) in [6, 6.07) is 11.6. The van der Waals surface area contributed by atoms with Crippen molar-refractivity contribution in [2.75, 3.05) is 33.1 Å². The molecule has 1 amide bonds.